The summed E-state index contributed by atoms with van der Waals surface area (Å²) in [4.78, 5) is 17.5. The third-order valence-corrected chi connectivity index (χ3v) is 5.82. The lowest BCUT2D eigenvalue weighted by Crippen LogP contribution is -2.51. The molecule has 28 heavy (non-hydrogen) atoms. The van der Waals surface area contributed by atoms with Crippen LogP contribution < -0.4 is 5.32 Å². The lowest BCUT2D eigenvalue weighted by atomic mass is 10.0. The molecular formula is C22H25ClFN3O. The monoisotopic (exact) mass is 401 g/mol. The molecule has 2 aromatic rings. The van der Waals surface area contributed by atoms with Gasteiger partial charge in [-0.2, -0.15) is 0 Å². The van der Waals surface area contributed by atoms with E-state index in [0.29, 0.717) is 17.6 Å². The maximum atomic E-state index is 13.3. The number of hydrogen-bond donors (Lipinski definition) is 1. The summed E-state index contributed by atoms with van der Waals surface area (Å²) >= 11 is 6.17. The fourth-order valence-electron chi connectivity index (χ4n) is 3.74. The quantitative estimate of drug-likeness (QED) is 0.803. The van der Waals surface area contributed by atoms with Gasteiger partial charge in [0.25, 0.3) is 0 Å². The Labute approximate surface area is 170 Å². The number of nitrogens with zero attached hydrogens (tertiary/aromatic N) is 2. The van der Waals surface area contributed by atoms with E-state index in [9.17, 15) is 9.18 Å². The van der Waals surface area contributed by atoms with Crippen LogP contribution in [0.4, 0.5) is 4.39 Å². The van der Waals surface area contributed by atoms with Gasteiger partial charge in [0.15, 0.2) is 0 Å². The Hall–Kier alpha value is -1.95. The second-order valence-corrected chi connectivity index (χ2v) is 8.05. The molecule has 2 fully saturated rings. The molecule has 148 valence electrons. The minimum Gasteiger partial charge on any atom is -0.352 e. The minimum absolute atomic E-state index is 0.101. The van der Waals surface area contributed by atoms with Crippen LogP contribution in [0.25, 0.3) is 0 Å². The smallest absolute Gasteiger partial charge is 0.242 e. The predicted octanol–water partition coefficient (Wildman–Crippen LogP) is 3.62. The van der Waals surface area contributed by atoms with Crippen LogP contribution in [0.1, 0.15) is 30.0 Å². The van der Waals surface area contributed by atoms with Crippen LogP contribution in [0.15, 0.2) is 48.5 Å². The van der Waals surface area contributed by atoms with E-state index in [2.05, 4.69) is 15.1 Å². The van der Waals surface area contributed by atoms with Crippen LogP contribution >= 0.6 is 11.6 Å². The van der Waals surface area contributed by atoms with Gasteiger partial charge >= 0.3 is 0 Å². The number of carbonyl (C=O) groups is 1. The highest BCUT2D eigenvalue weighted by Gasteiger charge is 2.33. The Morgan fingerprint density at radius 1 is 1.11 bits per heavy atom. The van der Waals surface area contributed by atoms with Gasteiger partial charge in [-0.15, -0.1) is 0 Å². The van der Waals surface area contributed by atoms with Crippen molar-refractivity contribution in [1.29, 1.82) is 0 Å². The molecule has 1 N–H and O–H groups in total. The van der Waals surface area contributed by atoms with E-state index in [1.165, 1.54) is 12.1 Å². The number of halogens is 2. The normalized spacial score (nSPS) is 19.4. The first-order valence-electron chi connectivity index (χ1n) is 9.86. The molecule has 1 aliphatic carbocycles. The molecule has 1 unspecified atom stereocenters. The van der Waals surface area contributed by atoms with Crippen molar-refractivity contribution in [3.05, 3.63) is 70.5 Å². The van der Waals surface area contributed by atoms with Gasteiger partial charge in [0.1, 0.15) is 11.9 Å². The van der Waals surface area contributed by atoms with Crippen molar-refractivity contribution in [3.8, 4) is 0 Å². The second-order valence-electron chi connectivity index (χ2n) is 7.64. The van der Waals surface area contributed by atoms with Crippen LogP contribution in [0.5, 0.6) is 0 Å². The highest BCUT2D eigenvalue weighted by Crippen LogP contribution is 2.27. The van der Waals surface area contributed by atoms with Crippen molar-refractivity contribution in [2.75, 3.05) is 26.2 Å². The number of piperazine rings is 1. The van der Waals surface area contributed by atoms with Gasteiger partial charge in [0.05, 0.1) is 0 Å². The first-order valence-corrected chi connectivity index (χ1v) is 10.2. The van der Waals surface area contributed by atoms with Gasteiger partial charge in [-0.1, -0.05) is 48.0 Å². The predicted molar refractivity (Wildman–Crippen MR) is 109 cm³/mol. The third kappa shape index (κ3) is 4.72. The summed E-state index contributed by atoms with van der Waals surface area (Å²) in [5, 5.41) is 3.63. The Bertz CT molecular complexity index is 820. The van der Waals surface area contributed by atoms with E-state index in [-0.39, 0.29) is 17.8 Å². The first kappa shape index (κ1) is 19.4. The summed E-state index contributed by atoms with van der Waals surface area (Å²) in [7, 11) is 0. The molecule has 0 aromatic heterocycles. The van der Waals surface area contributed by atoms with Crippen molar-refractivity contribution in [2.24, 2.45) is 0 Å². The number of carbonyl (C=O) groups excluding carboxylic acids is 1. The second kappa shape index (κ2) is 8.60. The fourth-order valence-corrected chi connectivity index (χ4v) is 3.97. The molecule has 2 aliphatic rings. The fraction of sp³-hybridized carbons (Fsp3) is 0.409. The van der Waals surface area contributed by atoms with E-state index in [1.807, 2.05) is 30.3 Å². The largest absolute Gasteiger partial charge is 0.352 e. The Morgan fingerprint density at radius 3 is 2.46 bits per heavy atom. The molecular weight excluding hydrogens is 377 g/mol. The van der Waals surface area contributed by atoms with Crippen molar-refractivity contribution in [1.82, 2.24) is 15.1 Å². The molecule has 1 saturated heterocycles. The lowest BCUT2D eigenvalue weighted by molar-refractivity contribution is -0.127. The maximum Gasteiger partial charge on any atom is 0.242 e. The molecule has 1 atom stereocenters. The Balaban J connectivity index is 1.41. The minimum atomic E-state index is -0.314. The molecule has 6 heteroatoms. The van der Waals surface area contributed by atoms with Gasteiger partial charge in [-0.05, 0) is 36.1 Å². The lowest BCUT2D eigenvalue weighted by Gasteiger charge is -2.39. The number of rotatable bonds is 6. The Kier molecular flexibility index (Phi) is 5.95. The molecule has 1 saturated carbocycles. The van der Waals surface area contributed by atoms with Crippen LogP contribution in [0.3, 0.4) is 0 Å². The van der Waals surface area contributed by atoms with Gasteiger partial charge in [-0.3, -0.25) is 14.6 Å². The SMILES string of the molecule is O=C(NC1CC1)C(c1ccccc1)N1CCN(Cc2ccc(F)cc2Cl)CC1. The molecule has 4 nitrogen and oxygen atoms in total. The summed E-state index contributed by atoms with van der Waals surface area (Å²) in [6, 6.07) is 14.7. The number of hydrogen-bond acceptors (Lipinski definition) is 3. The van der Waals surface area contributed by atoms with E-state index >= 15 is 0 Å². The van der Waals surface area contributed by atoms with Crippen LogP contribution in [-0.4, -0.2) is 47.9 Å². The van der Waals surface area contributed by atoms with Crippen LogP contribution in [0.2, 0.25) is 5.02 Å². The van der Waals surface area contributed by atoms with Crippen molar-refractivity contribution < 1.29 is 9.18 Å². The first-order chi connectivity index (χ1) is 13.6. The van der Waals surface area contributed by atoms with E-state index in [1.54, 1.807) is 6.07 Å². The van der Waals surface area contributed by atoms with Crippen LogP contribution in [0, 0.1) is 5.82 Å². The zero-order valence-corrected chi connectivity index (χ0v) is 16.5. The molecule has 0 radical (unpaired) electrons. The van der Waals surface area contributed by atoms with Crippen molar-refractivity contribution in [3.63, 3.8) is 0 Å². The highest BCUT2D eigenvalue weighted by molar-refractivity contribution is 6.31. The average molecular weight is 402 g/mol. The molecule has 1 aliphatic heterocycles. The van der Waals surface area contributed by atoms with E-state index < -0.39 is 0 Å². The summed E-state index contributed by atoms with van der Waals surface area (Å²) in [6.45, 7) is 3.98. The summed E-state index contributed by atoms with van der Waals surface area (Å²) < 4.78 is 13.3. The molecule has 1 amide bonds. The van der Waals surface area contributed by atoms with Gasteiger partial charge < -0.3 is 5.32 Å². The molecule has 1 heterocycles. The summed E-state index contributed by atoms with van der Waals surface area (Å²) in [6.07, 6.45) is 2.17. The van der Waals surface area contributed by atoms with Gasteiger partial charge in [-0.25, -0.2) is 4.39 Å². The topological polar surface area (TPSA) is 35.6 Å². The average Bonchev–Trinajstić information content (AvgIpc) is 3.50. The third-order valence-electron chi connectivity index (χ3n) is 5.47. The summed E-state index contributed by atoms with van der Waals surface area (Å²) in [5.74, 6) is -0.213. The van der Waals surface area contributed by atoms with E-state index in [4.69, 9.17) is 11.6 Å². The molecule has 0 bridgehead atoms. The van der Waals surface area contributed by atoms with Gasteiger partial charge in [0, 0.05) is 43.8 Å². The van der Waals surface area contributed by atoms with Crippen LogP contribution in [-0.2, 0) is 11.3 Å². The molecule has 4 rings (SSSR count). The zero-order valence-electron chi connectivity index (χ0n) is 15.8. The zero-order chi connectivity index (χ0) is 19.5. The van der Waals surface area contributed by atoms with Gasteiger partial charge in [0.2, 0.25) is 5.91 Å². The summed E-state index contributed by atoms with van der Waals surface area (Å²) in [5.41, 5.74) is 1.97. The number of amides is 1. The number of nitrogens with one attached hydrogen (secondary N) is 1. The highest BCUT2D eigenvalue weighted by atomic mass is 35.5. The van der Waals surface area contributed by atoms with Crippen molar-refractivity contribution >= 4 is 17.5 Å². The maximum absolute atomic E-state index is 13.3. The molecule has 0 spiro atoms. The van der Waals surface area contributed by atoms with Crippen molar-refractivity contribution in [2.45, 2.75) is 31.5 Å². The van der Waals surface area contributed by atoms with E-state index in [0.717, 1.165) is 50.1 Å². The standard InChI is InChI=1S/C22H25ClFN3O/c23-20-14-18(24)7-6-17(20)15-26-10-12-27(13-11-26)21(16-4-2-1-3-5-16)22(28)25-19-8-9-19/h1-7,14,19,21H,8-13,15H2,(H,25,28). The number of benzene rings is 2. The Morgan fingerprint density at radius 2 is 1.82 bits per heavy atom. The molecule has 2 aromatic carbocycles.